The Morgan fingerprint density at radius 3 is 2.77 bits per heavy atom. The largest absolute Gasteiger partial charge is 0.439 e. The lowest BCUT2D eigenvalue weighted by Crippen LogP contribution is -2.47. The maximum atomic E-state index is 6.12. The summed E-state index contributed by atoms with van der Waals surface area (Å²) in [7, 11) is 1.82. The van der Waals surface area contributed by atoms with Crippen LogP contribution in [0.15, 0.2) is 45.9 Å². The van der Waals surface area contributed by atoms with Gasteiger partial charge in [-0.1, -0.05) is 30.3 Å². The first-order valence-electron chi connectivity index (χ1n) is 11.0. The van der Waals surface area contributed by atoms with E-state index < -0.39 is 0 Å². The fraction of sp³-hybridized carbons (Fsp3) is 0.565. The molecule has 0 bridgehead atoms. The van der Waals surface area contributed by atoms with Crippen molar-refractivity contribution >= 4 is 5.96 Å². The van der Waals surface area contributed by atoms with Crippen molar-refractivity contribution in [2.45, 2.75) is 50.9 Å². The first kappa shape index (κ1) is 20.9. The van der Waals surface area contributed by atoms with Gasteiger partial charge in [0.1, 0.15) is 0 Å². The molecule has 3 heterocycles. The highest BCUT2D eigenvalue weighted by Crippen LogP contribution is 2.20. The van der Waals surface area contributed by atoms with E-state index in [1.807, 2.05) is 37.4 Å². The van der Waals surface area contributed by atoms with Crippen LogP contribution >= 0.6 is 0 Å². The van der Waals surface area contributed by atoms with Crippen LogP contribution in [0.1, 0.15) is 38.0 Å². The lowest BCUT2D eigenvalue weighted by molar-refractivity contribution is -0.0721. The third-order valence-electron chi connectivity index (χ3n) is 5.75. The van der Waals surface area contributed by atoms with Crippen molar-refractivity contribution < 1.29 is 13.9 Å². The average Bonchev–Trinajstić information content (AvgIpc) is 3.29. The van der Waals surface area contributed by atoms with Gasteiger partial charge in [-0.25, -0.2) is 4.98 Å². The Labute approximate surface area is 178 Å². The summed E-state index contributed by atoms with van der Waals surface area (Å²) >= 11 is 0. The highest BCUT2D eigenvalue weighted by Gasteiger charge is 2.24. The van der Waals surface area contributed by atoms with Crippen molar-refractivity contribution in [1.82, 2.24) is 15.2 Å². The summed E-state index contributed by atoms with van der Waals surface area (Å²) in [5, 5.41) is 3.38. The van der Waals surface area contributed by atoms with E-state index in [1.54, 1.807) is 6.20 Å². The molecule has 2 saturated heterocycles. The Bertz CT molecular complexity index is 794. The summed E-state index contributed by atoms with van der Waals surface area (Å²) in [6.45, 7) is 3.97. The second-order valence-electron chi connectivity index (χ2n) is 7.89. The molecular weight excluding hydrogens is 380 g/mol. The molecule has 7 nitrogen and oxygen atoms in total. The molecule has 0 saturated carbocycles. The second kappa shape index (κ2) is 10.6. The fourth-order valence-corrected chi connectivity index (χ4v) is 4.03. The zero-order valence-corrected chi connectivity index (χ0v) is 17.8. The van der Waals surface area contributed by atoms with Gasteiger partial charge in [-0.2, -0.15) is 0 Å². The quantitative estimate of drug-likeness (QED) is 0.579. The van der Waals surface area contributed by atoms with E-state index in [-0.39, 0.29) is 6.10 Å². The van der Waals surface area contributed by atoms with Gasteiger partial charge in [0.25, 0.3) is 0 Å². The molecule has 0 amide bonds. The maximum Gasteiger partial charge on any atom is 0.214 e. The zero-order chi connectivity index (χ0) is 20.6. The summed E-state index contributed by atoms with van der Waals surface area (Å²) < 4.78 is 17.8. The van der Waals surface area contributed by atoms with Crippen molar-refractivity contribution in [2.24, 2.45) is 4.99 Å². The van der Waals surface area contributed by atoms with E-state index in [0.717, 1.165) is 62.8 Å². The molecule has 0 spiro atoms. The number of rotatable bonds is 6. The molecule has 1 atom stereocenters. The molecule has 162 valence electrons. The van der Waals surface area contributed by atoms with E-state index in [9.17, 15) is 0 Å². The van der Waals surface area contributed by atoms with E-state index in [0.29, 0.717) is 18.5 Å². The molecule has 1 aromatic heterocycles. The molecule has 1 N–H and O–H groups in total. The smallest absolute Gasteiger partial charge is 0.214 e. The number of hydrogen-bond donors (Lipinski definition) is 1. The number of likely N-dealkylation sites (tertiary alicyclic amines) is 1. The van der Waals surface area contributed by atoms with Crippen molar-refractivity contribution in [2.75, 3.05) is 33.4 Å². The molecule has 2 aliphatic rings. The number of benzene rings is 1. The summed E-state index contributed by atoms with van der Waals surface area (Å²) in [5.74, 6) is 2.31. The van der Waals surface area contributed by atoms with E-state index in [1.165, 1.54) is 12.8 Å². The van der Waals surface area contributed by atoms with Gasteiger partial charge in [-0.3, -0.25) is 4.99 Å². The number of nitrogens with one attached hydrogen (secondary N) is 1. The number of aliphatic imine (C=N–C) groups is 1. The van der Waals surface area contributed by atoms with Crippen LogP contribution in [0.3, 0.4) is 0 Å². The molecule has 0 radical (unpaired) electrons. The summed E-state index contributed by atoms with van der Waals surface area (Å²) in [4.78, 5) is 11.1. The Kier molecular flexibility index (Phi) is 7.37. The third kappa shape index (κ3) is 5.61. The number of aromatic nitrogens is 1. The highest BCUT2D eigenvalue weighted by atomic mass is 16.5. The van der Waals surface area contributed by atoms with Gasteiger partial charge in [-0.05, 0) is 32.1 Å². The lowest BCUT2D eigenvalue weighted by Gasteiger charge is -2.34. The molecule has 4 rings (SSSR count). The van der Waals surface area contributed by atoms with Gasteiger partial charge in [-0.15, -0.1) is 0 Å². The van der Waals surface area contributed by atoms with Crippen LogP contribution < -0.4 is 5.32 Å². The van der Waals surface area contributed by atoms with Crippen molar-refractivity contribution in [1.29, 1.82) is 0 Å². The SMILES string of the molecule is CN=C(NCc1ncc(-c2ccccc2)o1)N1CCC(OCC2CCCCO2)CC1. The van der Waals surface area contributed by atoms with Crippen molar-refractivity contribution in [3.63, 3.8) is 0 Å². The van der Waals surface area contributed by atoms with Gasteiger partial charge >= 0.3 is 0 Å². The third-order valence-corrected chi connectivity index (χ3v) is 5.75. The Morgan fingerprint density at radius 2 is 2.03 bits per heavy atom. The predicted octanol–water partition coefficient (Wildman–Crippen LogP) is 3.47. The van der Waals surface area contributed by atoms with Crippen molar-refractivity contribution in [3.8, 4) is 11.3 Å². The van der Waals surface area contributed by atoms with Crippen LogP contribution in [0, 0.1) is 0 Å². The van der Waals surface area contributed by atoms with E-state index >= 15 is 0 Å². The maximum absolute atomic E-state index is 6.12. The zero-order valence-electron chi connectivity index (χ0n) is 17.8. The number of ether oxygens (including phenoxy) is 2. The minimum atomic E-state index is 0.285. The standard InChI is InChI=1S/C23H32N4O3/c1-24-23(26-16-22-25-15-21(30-22)18-7-3-2-4-8-18)27-12-10-19(11-13-27)29-17-20-9-5-6-14-28-20/h2-4,7-8,15,19-20H,5-6,9-14,16-17H2,1H3,(H,24,26). The van der Waals surface area contributed by atoms with Gasteiger partial charge in [0.05, 0.1) is 31.6 Å². The molecule has 1 unspecified atom stereocenters. The predicted molar refractivity (Wildman–Crippen MR) is 116 cm³/mol. The molecule has 1 aromatic carbocycles. The molecular formula is C23H32N4O3. The van der Waals surface area contributed by atoms with Crippen LogP contribution in [0.25, 0.3) is 11.3 Å². The Hall–Kier alpha value is -2.38. The van der Waals surface area contributed by atoms with Gasteiger partial charge in [0, 0.05) is 32.3 Å². The van der Waals surface area contributed by atoms with Crippen LogP contribution in [-0.2, 0) is 16.0 Å². The molecule has 2 aromatic rings. The molecule has 30 heavy (non-hydrogen) atoms. The molecule has 2 aliphatic heterocycles. The molecule has 0 aliphatic carbocycles. The number of piperidine rings is 1. The number of guanidine groups is 1. The summed E-state index contributed by atoms with van der Waals surface area (Å²) in [6, 6.07) is 10.0. The van der Waals surface area contributed by atoms with Gasteiger partial charge in [0.15, 0.2) is 11.7 Å². The van der Waals surface area contributed by atoms with E-state index in [2.05, 4.69) is 20.2 Å². The number of oxazole rings is 1. The minimum absolute atomic E-state index is 0.285. The Morgan fingerprint density at radius 1 is 1.20 bits per heavy atom. The van der Waals surface area contributed by atoms with E-state index in [4.69, 9.17) is 13.9 Å². The molecule has 2 fully saturated rings. The minimum Gasteiger partial charge on any atom is -0.439 e. The van der Waals surface area contributed by atoms with Crippen LogP contribution in [-0.4, -0.2) is 61.4 Å². The van der Waals surface area contributed by atoms with Crippen LogP contribution in [0.2, 0.25) is 0 Å². The summed E-state index contributed by atoms with van der Waals surface area (Å²) in [5.41, 5.74) is 1.03. The monoisotopic (exact) mass is 412 g/mol. The first-order valence-corrected chi connectivity index (χ1v) is 11.0. The number of hydrogen-bond acceptors (Lipinski definition) is 5. The first-order chi connectivity index (χ1) is 14.8. The molecule has 7 heteroatoms. The number of nitrogens with zero attached hydrogens (tertiary/aromatic N) is 3. The lowest BCUT2D eigenvalue weighted by atomic mass is 10.1. The fourth-order valence-electron chi connectivity index (χ4n) is 4.03. The van der Waals surface area contributed by atoms with Gasteiger partial charge < -0.3 is 24.1 Å². The normalized spacial score (nSPS) is 21.0. The van der Waals surface area contributed by atoms with Gasteiger partial charge in [0.2, 0.25) is 5.89 Å². The Balaban J connectivity index is 1.21. The van der Waals surface area contributed by atoms with Crippen LogP contribution in [0.4, 0.5) is 0 Å². The van der Waals surface area contributed by atoms with Crippen LogP contribution in [0.5, 0.6) is 0 Å². The van der Waals surface area contributed by atoms with Crippen molar-refractivity contribution in [3.05, 3.63) is 42.4 Å². The topological polar surface area (TPSA) is 72.1 Å². The second-order valence-corrected chi connectivity index (χ2v) is 7.89. The highest BCUT2D eigenvalue weighted by molar-refractivity contribution is 5.79. The summed E-state index contributed by atoms with van der Waals surface area (Å²) in [6.07, 6.45) is 7.94. The average molecular weight is 413 g/mol.